The number of ketones is 1. The van der Waals surface area contributed by atoms with Crippen molar-refractivity contribution in [3.63, 3.8) is 0 Å². The fourth-order valence-corrected chi connectivity index (χ4v) is 3.98. The number of hydrogen-bond donors (Lipinski definition) is 1. The van der Waals surface area contributed by atoms with E-state index in [0.29, 0.717) is 25.3 Å². The summed E-state index contributed by atoms with van der Waals surface area (Å²) in [6, 6.07) is 12.5. The summed E-state index contributed by atoms with van der Waals surface area (Å²) >= 11 is 0. The standard InChI is InChI=1S/C27H34N2O4/c1-6-7-16-33-21-12-10-20(11-13-21)24-23(25(30)22-17-18(2)8-9-19(22)3)26(31)27(32)29(24)15-14-28(4)5/h8-13,17,24,30H,6-7,14-16H2,1-5H3/b25-23+. The van der Waals surface area contributed by atoms with E-state index >= 15 is 0 Å². The number of aryl methyl sites for hydroxylation is 2. The van der Waals surface area contributed by atoms with Crippen LogP contribution in [-0.4, -0.2) is 60.4 Å². The molecule has 6 nitrogen and oxygen atoms in total. The molecule has 2 aromatic rings. The Morgan fingerprint density at radius 2 is 1.79 bits per heavy atom. The molecule has 1 aliphatic heterocycles. The van der Waals surface area contributed by atoms with Gasteiger partial charge in [-0.15, -0.1) is 0 Å². The molecule has 0 saturated carbocycles. The number of likely N-dealkylation sites (N-methyl/N-ethyl adjacent to an activating group) is 1. The van der Waals surface area contributed by atoms with Crippen molar-refractivity contribution in [1.29, 1.82) is 0 Å². The maximum absolute atomic E-state index is 13.1. The van der Waals surface area contributed by atoms with Crippen molar-refractivity contribution < 1.29 is 19.4 Å². The van der Waals surface area contributed by atoms with Gasteiger partial charge in [0.25, 0.3) is 11.7 Å². The van der Waals surface area contributed by atoms with Gasteiger partial charge in [-0.25, -0.2) is 0 Å². The molecule has 0 radical (unpaired) electrons. The van der Waals surface area contributed by atoms with Crippen LogP contribution in [0.4, 0.5) is 0 Å². The van der Waals surface area contributed by atoms with E-state index < -0.39 is 17.7 Å². The maximum Gasteiger partial charge on any atom is 0.295 e. The van der Waals surface area contributed by atoms with Crippen LogP contribution in [0, 0.1) is 13.8 Å². The fraction of sp³-hybridized carbons (Fsp3) is 0.407. The molecule has 0 aliphatic carbocycles. The molecule has 0 spiro atoms. The predicted molar refractivity (Wildman–Crippen MR) is 130 cm³/mol. The second-order valence-electron chi connectivity index (χ2n) is 8.89. The highest BCUT2D eigenvalue weighted by Crippen LogP contribution is 2.40. The summed E-state index contributed by atoms with van der Waals surface area (Å²) in [7, 11) is 3.84. The number of likely N-dealkylation sites (tertiary alicyclic amines) is 1. The minimum atomic E-state index is -0.658. The zero-order chi connectivity index (χ0) is 24.1. The zero-order valence-corrected chi connectivity index (χ0v) is 20.2. The number of nitrogens with zero attached hydrogens (tertiary/aromatic N) is 2. The Bertz CT molecular complexity index is 1040. The van der Waals surface area contributed by atoms with Gasteiger partial charge in [-0.2, -0.15) is 0 Å². The number of rotatable bonds is 9. The van der Waals surface area contributed by atoms with Gasteiger partial charge >= 0.3 is 0 Å². The Balaban J connectivity index is 2.07. The third-order valence-electron chi connectivity index (χ3n) is 5.94. The summed E-state index contributed by atoms with van der Waals surface area (Å²) in [5.74, 6) is -0.625. The molecule has 176 valence electrons. The minimum Gasteiger partial charge on any atom is -0.507 e. The fourth-order valence-electron chi connectivity index (χ4n) is 3.98. The van der Waals surface area contributed by atoms with Crippen LogP contribution in [0.2, 0.25) is 0 Å². The van der Waals surface area contributed by atoms with Gasteiger partial charge in [0, 0.05) is 18.7 Å². The van der Waals surface area contributed by atoms with Crippen molar-refractivity contribution in [3.8, 4) is 5.75 Å². The highest BCUT2D eigenvalue weighted by atomic mass is 16.5. The lowest BCUT2D eigenvalue weighted by molar-refractivity contribution is -0.140. The molecule has 1 N–H and O–H groups in total. The zero-order valence-electron chi connectivity index (χ0n) is 20.2. The third kappa shape index (κ3) is 5.45. The maximum atomic E-state index is 13.1. The lowest BCUT2D eigenvalue weighted by Crippen LogP contribution is -2.35. The topological polar surface area (TPSA) is 70.1 Å². The van der Waals surface area contributed by atoms with E-state index in [1.807, 2.05) is 75.3 Å². The monoisotopic (exact) mass is 450 g/mol. The van der Waals surface area contributed by atoms with E-state index in [2.05, 4.69) is 6.92 Å². The average Bonchev–Trinajstić information content (AvgIpc) is 3.04. The van der Waals surface area contributed by atoms with Gasteiger partial charge in [-0.1, -0.05) is 43.2 Å². The molecule has 1 heterocycles. The van der Waals surface area contributed by atoms with Crippen LogP contribution in [0.3, 0.4) is 0 Å². The molecule has 1 amide bonds. The van der Waals surface area contributed by atoms with Crippen LogP contribution in [0.25, 0.3) is 5.76 Å². The molecule has 1 aliphatic rings. The smallest absolute Gasteiger partial charge is 0.295 e. The van der Waals surface area contributed by atoms with Crippen LogP contribution in [0.1, 0.15) is 48.1 Å². The number of hydrogen-bond acceptors (Lipinski definition) is 5. The van der Waals surface area contributed by atoms with Crippen LogP contribution in [0.5, 0.6) is 5.75 Å². The Morgan fingerprint density at radius 3 is 2.42 bits per heavy atom. The highest BCUT2D eigenvalue weighted by molar-refractivity contribution is 6.46. The Labute approximate surface area is 196 Å². The Kier molecular flexibility index (Phi) is 7.92. The van der Waals surface area contributed by atoms with E-state index in [0.717, 1.165) is 35.3 Å². The first kappa shape index (κ1) is 24.5. The van der Waals surface area contributed by atoms with E-state index in [1.54, 1.807) is 4.90 Å². The van der Waals surface area contributed by atoms with Gasteiger partial charge in [0.15, 0.2) is 0 Å². The number of carbonyl (C=O) groups excluding carboxylic acids is 2. The first-order valence-electron chi connectivity index (χ1n) is 11.5. The summed E-state index contributed by atoms with van der Waals surface area (Å²) in [4.78, 5) is 29.7. The van der Waals surface area contributed by atoms with Gasteiger partial charge in [-0.3, -0.25) is 9.59 Å². The second-order valence-corrected chi connectivity index (χ2v) is 8.89. The van der Waals surface area contributed by atoms with Gasteiger partial charge < -0.3 is 19.6 Å². The molecule has 0 aromatic heterocycles. The first-order valence-corrected chi connectivity index (χ1v) is 11.5. The van der Waals surface area contributed by atoms with Gasteiger partial charge in [0.2, 0.25) is 0 Å². The minimum absolute atomic E-state index is 0.129. The number of Topliss-reactive ketones (excluding diaryl/α,β-unsaturated/α-hetero) is 1. The number of amides is 1. The quantitative estimate of drug-likeness (QED) is 0.264. The molecular weight excluding hydrogens is 416 g/mol. The van der Waals surface area contributed by atoms with Crippen molar-refractivity contribution in [2.75, 3.05) is 33.8 Å². The summed E-state index contributed by atoms with van der Waals surface area (Å²) < 4.78 is 5.77. The van der Waals surface area contributed by atoms with Gasteiger partial charge in [0.05, 0.1) is 18.2 Å². The number of carbonyl (C=O) groups is 2. The van der Waals surface area contributed by atoms with Crippen LogP contribution in [-0.2, 0) is 9.59 Å². The lowest BCUT2D eigenvalue weighted by Gasteiger charge is -2.27. The lowest BCUT2D eigenvalue weighted by atomic mass is 9.93. The number of unbranched alkanes of at least 4 members (excludes halogenated alkanes) is 1. The van der Waals surface area contributed by atoms with E-state index in [1.165, 1.54) is 0 Å². The van der Waals surface area contributed by atoms with Crippen molar-refractivity contribution >= 4 is 17.4 Å². The van der Waals surface area contributed by atoms with Gasteiger partial charge in [-0.05, 0) is 63.7 Å². The highest BCUT2D eigenvalue weighted by Gasteiger charge is 2.46. The van der Waals surface area contributed by atoms with E-state index in [-0.39, 0.29) is 11.3 Å². The molecule has 6 heteroatoms. The Hall–Kier alpha value is -3.12. The van der Waals surface area contributed by atoms with Crippen molar-refractivity contribution in [2.24, 2.45) is 0 Å². The summed E-state index contributed by atoms with van der Waals surface area (Å²) in [5, 5.41) is 11.3. The number of benzene rings is 2. The Morgan fingerprint density at radius 1 is 1.09 bits per heavy atom. The average molecular weight is 451 g/mol. The molecule has 3 rings (SSSR count). The molecule has 1 fully saturated rings. The first-order chi connectivity index (χ1) is 15.7. The molecule has 1 unspecified atom stereocenters. The van der Waals surface area contributed by atoms with E-state index in [4.69, 9.17) is 4.74 Å². The number of aliphatic hydroxyl groups excluding tert-OH is 1. The predicted octanol–water partition coefficient (Wildman–Crippen LogP) is 4.47. The summed E-state index contributed by atoms with van der Waals surface area (Å²) in [6.07, 6.45) is 2.03. The summed E-state index contributed by atoms with van der Waals surface area (Å²) in [6.45, 7) is 7.55. The molecule has 1 atom stereocenters. The summed E-state index contributed by atoms with van der Waals surface area (Å²) in [5.41, 5.74) is 3.28. The van der Waals surface area contributed by atoms with Crippen LogP contribution < -0.4 is 4.74 Å². The van der Waals surface area contributed by atoms with Crippen molar-refractivity contribution in [2.45, 2.75) is 39.7 Å². The largest absolute Gasteiger partial charge is 0.507 e. The van der Waals surface area contributed by atoms with Crippen LogP contribution >= 0.6 is 0 Å². The molecule has 1 saturated heterocycles. The molecule has 2 aromatic carbocycles. The number of aliphatic hydroxyl groups is 1. The van der Waals surface area contributed by atoms with Crippen molar-refractivity contribution in [1.82, 2.24) is 9.80 Å². The van der Waals surface area contributed by atoms with Crippen LogP contribution in [0.15, 0.2) is 48.0 Å². The van der Waals surface area contributed by atoms with Crippen molar-refractivity contribution in [3.05, 3.63) is 70.3 Å². The molecule has 33 heavy (non-hydrogen) atoms. The molecular formula is C27H34N2O4. The number of ether oxygens (including phenoxy) is 1. The SMILES string of the molecule is CCCCOc1ccc(C2/C(=C(\O)c3cc(C)ccc3C)C(=O)C(=O)N2CCN(C)C)cc1. The normalized spacial score (nSPS) is 17.8. The van der Waals surface area contributed by atoms with E-state index in [9.17, 15) is 14.7 Å². The second kappa shape index (κ2) is 10.7. The third-order valence-corrected chi connectivity index (χ3v) is 5.94. The molecule has 0 bridgehead atoms. The van der Waals surface area contributed by atoms with Gasteiger partial charge in [0.1, 0.15) is 11.5 Å².